The van der Waals surface area contributed by atoms with Crippen LogP contribution in [0.15, 0.2) is 42.5 Å². The molecule has 0 aliphatic carbocycles. The highest BCUT2D eigenvalue weighted by Gasteiger charge is 2.04. The average Bonchev–Trinajstić information content (AvgIpc) is 2.67. The molecule has 146 valence electrons. The van der Waals surface area contributed by atoms with Gasteiger partial charge in [-0.05, 0) is 36.4 Å². The third-order valence-electron chi connectivity index (χ3n) is 3.10. The van der Waals surface area contributed by atoms with Gasteiger partial charge in [0.05, 0.1) is 16.6 Å². The zero-order chi connectivity index (χ0) is 20.1. The van der Waals surface area contributed by atoms with Crippen molar-refractivity contribution in [2.45, 2.75) is 0 Å². The van der Waals surface area contributed by atoms with E-state index in [0.717, 1.165) is 5.69 Å². The molecule has 0 saturated heterocycles. The van der Waals surface area contributed by atoms with Gasteiger partial charge < -0.3 is 20.1 Å². The number of nitrogens with one attached hydrogen (secondary N) is 2. The van der Waals surface area contributed by atoms with Crippen LogP contribution >= 0.6 is 23.2 Å². The quantitative estimate of drug-likeness (QED) is 0.622. The van der Waals surface area contributed by atoms with Crippen LogP contribution in [0.2, 0.25) is 10.0 Å². The molecule has 0 unspecified atom stereocenters. The first-order valence-electron chi connectivity index (χ1n) is 7.67. The molecular weight excluding hydrogens is 415 g/mol. The molecule has 0 heterocycles. The molecule has 7 nitrogen and oxygen atoms in total. The molecule has 0 bridgehead atoms. The van der Waals surface area contributed by atoms with Crippen molar-refractivity contribution >= 4 is 46.4 Å². The summed E-state index contributed by atoms with van der Waals surface area (Å²) in [5.41, 5.74) is 0.978. The van der Waals surface area contributed by atoms with E-state index in [0.29, 0.717) is 34.7 Å². The lowest BCUT2D eigenvalue weighted by atomic mass is 10.3. The number of hydrogen-bond donors (Lipinski definition) is 2. The van der Waals surface area contributed by atoms with Crippen LogP contribution in [-0.2, 0) is 16.4 Å². The normalized spacial score (nSPS) is 9.44. The van der Waals surface area contributed by atoms with Crippen LogP contribution in [0.1, 0.15) is 0 Å². The number of ether oxygens (including phenoxy) is 2. The SMILES string of the molecule is CNc1ccc(OCC(=O)NCCOc2ccc(Cl)c(Cl)c2)cc1.O=S=O. The second-order valence-electron chi connectivity index (χ2n) is 4.91. The first-order chi connectivity index (χ1) is 13.0. The molecule has 0 spiro atoms. The van der Waals surface area contributed by atoms with Gasteiger partial charge in [-0.2, -0.15) is 8.42 Å². The third-order valence-corrected chi connectivity index (χ3v) is 3.84. The Hall–Kier alpha value is -2.29. The molecule has 27 heavy (non-hydrogen) atoms. The molecule has 2 aromatic rings. The second kappa shape index (κ2) is 13.0. The van der Waals surface area contributed by atoms with Gasteiger partial charge in [-0.15, -0.1) is 0 Å². The first kappa shape index (κ1) is 22.8. The fourth-order valence-corrected chi connectivity index (χ4v) is 2.13. The molecule has 2 aromatic carbocycles. The molecule has 1 amide bonds. The Labute approximate surface area is 170 Å². The van der Waals surface area contributed by atoms with Gasteiger partial charge in [0.1, 0.15) is 18.1 Å². The number of hydrogen-bond acceptors (Lipinski definition) is 6. The molecular formula is C17H18Cl2N2O5S. The Kier molecular flexibility index (Phi) is 10.9. The second-order valence-corrected chi connectivity index (χ2v) is 5.86. The lowest BCUT2D eigenvalue weighted by Gasteiger charge is -2.10. The van der Waals surface area contributed by atoms with Crippen LogP contribution in [0.25, 0.3) is 0 Å². The van der Waals surface area contributed by atoms with Crippen molar-refractivity contribution in [3.8, 4) is 11.5 Å². The number of amides is 1. The van der Waals surface area contributed by atoms with Gasteiger partial charge in [-0.1, -0.05) is 23.2 Å². The number of anilines is 1. The molecule has 0 radical (unpaired) electrons. The summed E-state index contributed by atoms with van der Waals surface area (Å²) in [6.45, 7) is 0.632. The first-order valence-corrected chi connectivity index (χ1v) is 9.09. The van der Waals surface area contributed by atoms with Crippen molar-refractivity contribution in [3.63, 3.8) is 0 Å². The number of carbonyl (C=O) groups is 1. The fourth-order valence-electron chi connectivity index (χ4n) is 1.84. The Morgan fingerprint density at radius 2 is 1.63 bits per heavy atom. The molecule has 0 atom stereocenters. The lowest BCUT2D eigenvalue weighted by molar-refractivity contribution is -0.123. The smallest absolute Gasteiger partial charge is 0.335 e. The molecule has 0 saturated carbocycles. The maximum absolute atomic E-state index is 11.7. The summed E-state index contributed by atoms with van der Waals surface area (Å²) in [6, 6.07) is 12.3. The van der Waals surface area contributed by atoms with Crippen molar-refractivity contribution in [2.24, 2.45) is 0 Å². The highest BCUT2D eigenvalue weighted by atomic mass is 35.5. The summed E-state index contributed by atoms with van der Waals surface area (Å²) in [5, 5.41) is 6.62. The van der Waals surface area contributed by atoms with Crippen molar-refractivity contribution in [3.05, 3.63) is 52.5 Å². The van der Waals surface area contributed by atoms with Crippen molar-refractivity contribution in [1.29, 1.82) is 0 Å². The van der Waals surface area contributed by atoms with Crippen LogP contribution in [0, 0.1) is 0 Å². The Balaban J connectivity index is 0.00000114. The van der Waals surface area contributed by atoms with Gasteiger partial charge in [0.2, 0.25) is 0 Å². The Bertz CT molecular complexity index is 768. The zero-order valence-electron chi connectivity index (χ0n) is 14.4. The standard InChI is InChI=1S/C17H18Cl2N2O3.O2S/c1-20-12-2-4-13(5-3-12)24-11-17(22)21-8-9-23-14-6-7-15(18)16(19)10-14;1-3-2/h2-7,10,20H,8-9,11H2,1H3,(H,21,22);. The minimum Gasteiger partial charge on any atom is -0.492 e. The van der Waals surface area contributed by atoms with Crippen LogP contribution in [-0.4, -0.2) is 41.1 Å². The van der Waals surface area contributed by atoms with E-state index in [9.17, 15) is 4.79 Å². The van der Waals surface area contributed by atoms with E-state index >= 15 is 0 Å². The van der Waals surface area contributed by atoms with Gasteiger partial charge >= 0.3 is 11.6 Å². The van der Waals surface area contributed by atoms with Crippen LogP contribution in [0.3, 0.4) is 0 Å². The van der Waals surface area contributed by atoms with Crippen molar-refractivity contribution in [2.75, 3.05) is 32.1 Å². The van der Waals surface area contributed by atoms with Gasteiger partial charge in [-0.3, -0.25) is 4.79 Å². The fraction of sp³-hybridized carbons (Fsp3) is 0.235. The monoisotopic (exact) mass is 432 g/mol. The maximum Gasteiger partial charge on any atom is 0.335 e. The molecule has 10 heteroatoms. The van der Waals surface area contributed by atoms with Gasteiger partial charge in [0.25, 0.3) is 5.91 Å². The summed E-state index contributed by atoms with van der Waals surface area (Å²) in [6.07, 6.45) is 0. The van der Waals surface area contributed by atoms with E-state index in [4.69, 9.17) is 41.1 Å². The van der Waals surface area contributed by atoms with Crippen molar-refractivity contribution < 1.29 is 22.7 Å². The molecule has 0 aliphatic rings. The van der Waals surface area contributed by atoms with E-state index in [1.54, 1.807) is 30.3 Å². The lowest BCUT2D eigenvalue weighted by Crippen LogP contribution is -2.32. The number of carbonyl (C=O) groups excluding carboxylic acids is 1. The van der Waals surface area contributed by atoms with E-state index in [2.05, 4.69) is 10.6 Å². The van der Waals surface area contributed by atoms with E-state index < -0.39 is 11.6 Å². The van der Waals surface area contributed by atoms with Gasteiger partial charge in [-0.25, -0.2) is 0 Å². The van der Waals surface area contributed by atoms with E-state index in [1.165, 1.54) is 0 Å². The van der Waals surface area contributed by atoms with Crippen LogP contribution < -0.4 is 20.1 Å². The number of halogens is 2. The third kappa shape index (κ3) is 9.28. The predicted molar refractivity (Wildman–Crippen MR) is 105 cm³/mol. The molecule has 0 aromatic heterocycles. The van der Waals surface area contributed by atoms with Crippen LogP contribution in [0.4, 0.5) is 5.69 Å². The molecule has 2 N–H and O–H groups in total. The van der Waals surface area contributed by atoms with Crippen molar-refractivity contribution in [1.82, 2.24) is 5.32 Å². The van der Waals surface area contributed by atoms with E-state index in [1.807, 2.05) is 19.2 Å². The van der Waals surface area contributed by atoms with Gasteiger partial charge in [0, 0.05) is 18.8 Å². The largest absolute Gasteiger partial charge is 0.492 e. The minimum absolute atomic E-state index is 0.0499. The van der Waals surface area contributed by atoms with Gasteiger partial charge in [0.15, 0.2) is 6.61 Å². The molecule has 2 rings (SSSR count). The Morgan fingerprint density at radius 3 is 2.22 bits per heavy atom. The van der Waals surface area contributed by atoms with E-state index in [-0.39, 0.29) is 12.5 Å². The maximum atomic E-state index is 11.7. The summed E-state index contributed by atoms with van der Waals surface area (Å²) < 4.78 is 27.5. The molecule has 0 aliphatic heterocycles. The zero-order valence-corrected chi connectivity index (χ0v) is 16.7. The number of rotatable bonds is 8. The highest BCUT2D eigenvalue weighted by molar-refractivity contribution is 7.51. The number of benzene rings is 2. The van der Waals surface area contributed by atoms with Crippen LogP contribution in [0.5, 0.6) is 11.5 Å². The topological polar surface area (TPSA) is 93.7 Å². The summed E-state index contributed by atoms with van der Waals surface area (Å²) in [4.78, 5) is 11.7. The average molecular weight is 433 g/mol. The summed E-state index contributed by atoms with van der Waals surface area (Å²) in [7, 11) is 1.84. The summed E-state index contributed by atoms with van der Waals surface area (Å²) in [5.74, 6) is 1.01. The Morgan fingerprint density at radius 1 is 1.00 bits per heavy atom. The molecule has 0 fully saturated rings. The predicted octanol–water partition coefficient (Wildman–Crippen LogP) is 2.94. The summed E-state index contributed by atoms with van der Waals surface area (Å²) >= 11 is 11.0. The highest BCUT2D eigenvalue weighted by Crippen LogP contribution is 2.26. The minimum atomic E-state index is -0.750.